The highest BCUT2D eigenvalue weighted by molar-refractivity contribution is 9.10. The van der Waals surface area contributed by atoms with Gasteiger partial charge in [0, 0.05) is 24.5 Å². The summed E-state index contributed by atoms with van der Waals surface area (Å²) in [4.78, 5) is 19.3. The average Bonchev–Trinajstić information content (AvgIpc) is 3.02. The summed E-state index contributed by atoms with van der Waals surface area (Å²) < 4.78 is 2.05. The highest BCUT2D eigenvalue weighted by Crippen LogP contribution is 2.29. The monoisotopic (exact) mass is 416 g/mol. The summed E-state index contributed by atoms with van der Waals surface area (Å²) in [7, 11) is 0. The maximum atomic E-state index is 13.3. The third kappa shape index (κ3) is 2.96. The van der Waals surface area contributed by atoms with Gasteiger partial charge in [0.15, 0.2) is 5.82 Å². The van der Waals surface area contributed by atoms with Crippen molar-refractivity contribution in [3.63, 3.8) is 0 Å². The SMILES string of the molecule is O=C(c1cc(Br)nn1-c1ncccc1Cl)N1CCCc2ccccc21. The fourth-order valence-electron chi connectivity index (χ4n) is 3.08. The first-order valence-corrected chi connectivity index (χ1v) is 9.08. The Morgan fingerprint density at radius 2 is 2.04 bits per heavy atom. The van der Waals surface area contributed by atoms with Crippen molar-refractivity contribution in [2.75, 3.05) is 11.4 Å². The van der Waals surface area contributed by atoms with Crippen LogP contribution in [0.5, 0.6) is 0 Å². The number of carbonyl (C=O) groups is 1. The zero-order valence-corrected chi connectivity index (χ0v) is 15.5. The number of hydrogen-bond acceptors (Lipinski definition) is 3. The Labute approximate surface area is 158 Å². The molecule has 25 heavy (non-hydrogen) atoms. The molecule has 7 heteroatoms. The topological polar surface area (TPSA) is 51.0 Å². The van der Waals surface area contributed by atoms with E-state index in [0.29, 0.717) is 27.7 Å². The predicted octanol–water partition coefficient (Wildman–Crippen LogP) is 4.28. The van der Waals surface area contributed by atoms with Crippen molar-refractivity contribution < 1.29 is 4.79 Å². The number of para-hydroxylation sites is 1. The van der Waals surface area contributed by atoms with Crippen molar-refractivity contribution in [1.29, 1.82) is 0 Å². The summed E-state index contributed by atoms with van der Waals surface area (Å²) in [6.45, 7) is 0.675. The minimum Gasteiger partial charge on any atom is -0.307 e. The Morgan fingerprint density at radius 1 is 1.20 bits per heavy atom. The first-order valence-electron chi connectivity index (χ1n) is 7.91. The van der Waals surface area contributed by atoms with Crippen LogP contribution in [0.15, 0.2) is 53.3 Å². The van der Waals surface area contributed by atoms with Crippen molar-refractivity contribution in [2.24, 2.45) is 0 Å². The van der Waals surface area contributed by atoms with E-state index in [4.69, 9.17) is 11.6 Å². The summed E-state index contributed by atoms with van der Waals surface area (Å²) in [5.41, 5.74) is 2.56. The highest BCUT2D eigenvalue weighted by Gasteiger charge is 2.27. The van der Waals surface area contributed by atoms with Crippen molar-refractivity contribution in [3.05, 3.63) is 69.5 Å². The van der Waals surface area contributed by atoms with E-state index < -0.39 is 0 Å². The number of nitrogens with zero attached hydrogens (tertiary/aromatic N) is 4. The molecule has 1 aromatic carbocycles. The molecule has 0 fully saturated rings. The normalized spacial score (nSPS) is 13.6. The molecule has 0 N–H and O–H groups in total. The van der Waals surface area contributed by atoms with Crippen LogP contribution in [0.25, 0.3) is 5.82 Å². The standard InChI is InChI=1S/C18H14BrClN4O/c19-16-11-15(24(22-16)17-13(20)7-3-9-21-17)18(25)23-10-4-6-12-5-1-2-8-14(12)23/h1-3,5,7-9,11H,4,6,10H2. The van der Waals surface area contributed by atoms with E-state index in [1.54, 1.807) is 29.3 Å². The number of amides is 1. The third-order valence-electron chi connectivity index (χ3n) is 4.19. The largest absolute Gasteiger partial charge is 0.307 e. The molecule has 5 nitrogen and oxygen atoms in total. The molecule has 0 saturated heterocycles. The Kier molecular flexibility index (Phi) is 4.31. The van der Waals surface area contributed by atoms with Crippen LogP contribution in [0.1, 0.15) is 22.5 Å². The van der Waals surface area contributed by atoms with E-state index in [1.807, 2.05) is 18.2 Å². The second kappa shape index (κ2) is 6.61. The molecule has 1 aliphatic heterocycles. The van der Waals surface area contributed by atoms with E-state index >= 15 is 0 Å². The van der Waals surface area contributed by atoms with Crippen LogP contribution < -0.4 is 4.90 Å². The van der Waals surface area contributed by atoms with Crippen LogP contribution in [-0.4, -0.2) is 27.2 Å². The lowest BCUT2D eigenvalue weighted by Gasteiger charge is -2.29. The highest BCUT2D eigenvalue weighted by atomic mass is 79.9. The van der Waals surface area contributed by atoms with Gasteiger partial charge in [0.05, 0.1) is 5.02 Å². The zero-order chi connectivity index (χ0) is 17.4. The summed E-state index contributed by atoms with van der Waals surface area (Å²) in [6, 6.07) is 13.2. The van der Waals surface area contributed by atoms with Gasteiger partial charge in [0.2, 0.25) is 0 Å². The summed E-state index contributed by atoms with van der Waals surface area (Å²) >= 11 is 9.60. The molecule has 0 atom stereocenters. The van der Waals surface area contributed by atoms with Gasteiger partial charge in [-0.05, 0) is 52.5 Å². The maximum absolute atomic E-state index is 13.3. The number of hydrogen-bond donors (Lipinski definition) is 0. The fraction of sp³-hybridized carbons (Fsp3) is 0.167. The molecule has 0 aliphatic carbocycles. The number of rotatable bonds is 2. The third-order valence-corrected chi connectivity index (χ3v) is 4.88. The van der Waals surface area contributed by atoms with Gasteiger partial charge >= 0.3 is 0 Å². The van der Waals surface area contributed by atoms with E-state index in [1.165, 1.54) is 10.2 Å². The van der Waals surface area contributed by atoms with Gasteiger partial charge in [-0.15, -0.1) is 0 Å². The van der Waals surface area contributed by atoms with Crippen molar-refractivity contribution >= 4 is 39.1 Å². The molecule has 0 unspecified atom stereocenters. The van der Waals surface area contributed by atoms with E-state index in [9.17, 15) is 4.79 Å². The molecule has 0 radical (unpaired) electrons. The van der Waals surface area contributed by atoms with Crippen LogP contribution >= 0.6 is 27.5 Å². The predicted molar refractivity (Wildman–Crippen MR) is 101 cm³/mol. The molecule has 1 aliphatic rings. The van der Waals surface area contributed by atoms with Crippen LogP contribution in [0.3, 0.4) is 0 Å². The molecule has 0 spiro atoms. The smallest absolute Gasteiger partial charge is 0.277 e. The minimum absolute atomic E-state index is 0.118. The quantitative estimate of drug-likeness (QED) is 0.625. The van der Waals surface area contributed by atoms with Crippen molar-refractivity contribution in [1.82, 2.24) is 14.8 Å². The summed E-state index contributed by atoms with van der Waals surface area (Å²) in [5.74, 6) is 0.315. The van der Waals surface area contributed by atoms with Crippen LogP contribution in [0.2, 0.25) is 5.02 Å². The lowest BCUT2D eigenvalue weighted by Crippen LogP contribution is -2.36. The molecular formula is C18H14BrClN4O. The van der Waals surface area contributed by atoms with E-state index in [2.05, 4.69) is 32.1 Å². The van der Waals surface area contributed by atoms with Gasteiger partial charge in [-0.25, -0.2) is 9.67 Å². The summed E-state index contributed by atoms with van der Waals surface area (Å²) in [6.07, 6.45) is 3.54. The number of benzene rings is 1. The van der Waals surface area contributed by atoms with Gasteiger partial charge < -0.3 is 4.90 Å². The molecule has 3 aromatic rings. The van der Waals surface area contributed by atoms with E-state index in [0.717, 1.165) is 18.5 Å². The van der Waals surface area contributed by atoms with Crippen molar-refractivity contribution in [3.8, 4) is 5.82 Å². The fourth-order valence-corrected chi connectivity index (χ4v) is 3.66. The van der Waals surface area contributed by atoms with Crippen LogP contribution in [0.4, 0.5) is 5.69 Å². The van der Waals surface area contributed by atoms with E-state index in [-0.39, 0.29) is 5.91 Å². The second-order valence-electron chi connectivity index (χ2n) is 5.76. The van der Waals surface area contributed by atoms with Gasteiger partial charge in [-0.3, -0.25) is 4.79 Å². The number of aromatic nitrogens is 3. The lowest BCUT2D eigenvalue weighted by atomic mass is 10.0. The van der Waals surface area contributed by atoms with Gasteiger partial charge in [-0.2, -0.15) is 5.10 Å². The number of anilines is 1. The number of carbonyl (C=O) groups excluding carboxylic acids is 1. The Morgan fingerprint density at radius 3 is 2.88 bits per heavy atom. The first-order chi connectivity index (χ1) is 12.1. The summed E-state index contributed by atoms with van der Waals surface area (Å²) in [5, 5.41) is 4.79. The Bertz CT molecular complexity index is 956. The zero-order valence-electron chi connectivity index (χ0n) is 13.2. The van der Waals surface area contributed by atoms with Gasteiger partial charge in [-0.1, -0.05) is 29.8 Å². The molecule has 1 amide bonds. The molecule has 0 bridgehead atoms. The number of aryl methyl sites for hydroxylation is 1. The van der Waals surface area contributed by atoms with Gasteiger partial charge in [0.25, 0.3) is 5.91 Å². The Hall–Kier alpha value is -2.18. The molecular weight excluding hydrogens is 404 g/mol. The first kappa shape index (κ1) is 16.3. The van der Waals surface area contributed by atoms with Gasteiger partial charge in [0.1, 0.15) is 10.3 Å². The van der Waals surface area contributed by atoms with Crippen LogP contribution in [0, 0.1) is 0 Å². The number of halogens is 2. The molecule has 0 saturated carbocycles. The molecule has 4 rings (SSSR count). The number of fused-ring (bicyclic) bond motifs is 1. The minimum atomic E-state index is -0.118. The molecule has 3 heterocycles. The van der Waals surface area contributed by atoms with Crippen molar-refractivity contribution in [2.45, 2.75) is 12.8 Å². The van der Waals surface area contributed by atoms with Crippen LogP contribution in [-0.2, 0) is 6.42 Å². The Balaban J connectivity index is 1.79. The molecule has 126 valence electrons. The number of pyridine rings is 1. The maximum Gasteiger partial charge on any atom is 0.277 e. The second-order valence-corrected chi connectivity index (χ2v) is 6.98. The average molecular weight is 418 g/mol. The lowest BCUT2D eigenvalue weighted by molar-refractivity contribution is 0.0977. The molecule has 2 aromatic heterocycles.